The minimum absolute atomic E-state index is 0.0121. The number of aliphatic hydroxyl groups is 1. The molecule has 1 aliphatic rings. The maximum Gasteiger partial charge on any atom is 0.258 e. The number of nitrogens with zero attached hydrogens (tertiary/aromatic N) is 4. The fourth-order valence-corrected chi connectivity index (χ4v) is 3.59. The molecule has 0 bridgehead atoms. The Labute approximate surface area is 133 Å². The molecule has 0 aliphatic carbocycles. The highest BCUT2D eigenvalue weighted by atomic mass is 32.1. The summed E-state index contributed by atoms with van der Waals surface area (Å²) >= 11 is 1.48. The molecule has 3 heterocycles. The monoisotopic (exact) mass is 322 g/mol. The summed E-state index contributed by atoms with van der Waals surface area (Å²) in [7, 11) is 0. The molecule has 2 aromatic rings. The summed E-state index contributed by atoms with van der Waals surface area (Å²) in [6.45, 7) is 8.82. The average molecular weight is 322 g/mol. The summed E-state index contributed by atoms with van der Waals surface area (Å²) in [6.07, 6.45) is 1.76. The van der Waals surface area contributed by atoms with Gasteiger partial charge in [0.05, 0.1) is 11.3 Å². The molecule has 0 amide bonds. The van der Waals surface area contributed by atoms with Gasteiger partial charge >= 0.3 is 0 Å². The van der Waals surface area contributed by atoms with Crippen molar-refractivity contribution in [2.24, 2.45) is 0 Å². The predicted octanol–water partition coefficient (Wildman–Crippen LogP) is 0.645. The normalized spacial score (nSPS) is 18.1. The quantitative estimate of drug-likeness (QED) is 0.895. The summed E-state index contributed by atoms with van der Waals surface area (Å²) < 4.78 is 1.58. The predicted molar refractivity (Wildman–Crippen MR) is 87.4 cm³/mol. The third-order valence-electron chi connectivity index (χ3n) is 3.82. The zero-order valence-electron chi connectivity index (χ0n) is 13.0. The number of hydrogen-bond acceptors (Lipinski definition) is 6. The molecule has 1 fully saturated rings. The van der Waals surface area contributed by atoms with E-state index in [0.717, 1.165) is 36.8 Å². The van der Waals surface area contributed by atoms with Crippen molar-refractivity contribution in [2.75, 3.05) is 32.7 Å². The number of fused-ring (bicyclic) bond motifs is 1. The molecule has 0 atom stereocenters. The van der Waals surface area contributed by atoms with Crippen LogP contribution in [0.4, 0.5) is 0 Å². The third-order valence-corrected chi connectivity index (χ3v) is 4.57. The Kier molecular flexibility index (Phi) is 4.31. The Morgan fingerprint density at radius 2 is 1.95 bits per heavy atom. The van der Waals surface area contributed by atoms with Crippen LogP contribution in [0.2, 0.25) is 0 Å². The number of aromatic nitrogens is 2. The van der Waals surface area contributed by atoms with Crippen LogP contribution in [0, 0.1) is 0 Å². The maximum atomic E-state index is 12.0. The molecule has 1 N–H and O–H groups in total. The van der Waals surface area contributed by atoms with Gasteiger partial charge in [-0.05, 0) is 13.8 Å². The van der Waals surface area contributed by atoms with E-state index in [4.69, 9.17) is 0 Å². The zero-order valence-corrected chi connectivity index (χ0v) is 13.8. The van der Waals surface area contributed by atoms with Crippen molar-refractivity contribution in [3.63, 3.8) is 0 Å². The molecule has 0 unspecified atom stereocenters. The van der Waals surface area contributed by atoms with E-state index in [0.29, 0.717) is 13.1 Å². The molecule has 0 saturated carbocycles. The number of thiazole rings is 1. The van der Waals surface area contributed by atoms with E-state index in [1.54, 1.807) is 16.7 Å². The smallest absolute Gasteiger partial charge is 0.258 e. The molecular formula is C15H22N4O2S. The molecule has 0 radical (unpaired) electrons. The molecule has 0 spiro atoms. The lowest BCUT2D eigenvalue weighted by atomic mass is 10.1. The van der Waals surface area contributed by atoms with Crippen LogP contribution in [-0.2, 0) is 6.54 Å². The topological polar surface area (TPSA) is 61.1 Å². The Balaban J connectivity index is 1.61. The van der Waals surface area contributed by atoms with Crippen molar-refractivity contribution in [3.8, 4) is 0 Å². The number of β-amino-alcohol motifs (C(OH)–C–C–N with tert-alkyl or cyclic N) is 1. The number of piperazine rings is 1. The van der Waals surface area contributed by atoms with Crippen LogP contribution >= 0.6 is 11.3 Å². The molecule has 120 valence electrons. The second-order valence-electron chi connectivity index (χ2n) is 6.51. The van der Waals surface area contributed by atoms with Gasteiger partial charge in [-0.1, -0.05) is 0 Å². The van der Waals surface area contributed by atoms with E-state index in [-0.39, 0.29) is 5.56 Å². The van der Waals surface area contributed by atoms with E-state index in [1.165, 1.54) is 11.3 Å². The molecule has 2 aromatic heterocycles. The minimum atomic E-state index is -0.650. The van der Waals surface area contributed by atoms with E-state index < -0.39 is 5.60 Å². The molecule has 3 rings (SSSR count). The Morgan fingerprint density at radius 1 is 1.27 bits per heavy atom. The Bertz CT molecular complexity index is 695. The van der Waals surface area contributed by atoms with Crippen LogP contribution in [0.15, 0.2) is 22.4 Å². The van der Waals surface area contributed by atoms with Crippen LogP contribution in [0.25, 0.3) is 4.96 Å². The van der Waals surface area contributed by atoms with Gasteiger partial charge in [0, 0.05) is 56.9 Å². The first-order chi connectivity index (χ1) is 10.4. The maximum absolute atomic E-state index is 12.0. The number of hydrogen-bond donors (Lipinski definition) is 1. The van der Waals surface area contributed by atoms with Crippen molar-refractivity contribution >= 4 is 16.3 Å². The second-order valence-corrected chi connectivity index (χ2v) is 7.38. The first-order valence-electron chi connectivity index (χ1n) is 7.54. The highest BCUT2D eigenvalue weighted by Crippen LogP contribution is 2.12. The van der Waals surface area contributed by atoms with Gasteiger partial charge in [-0.15, -0.1) is 11.3 Å². The molecule has 6 nitrogen and oxygen atoms in total. The summed E-state index contributed by atoms with van der Waals surface area (Å²) in [5.41, 5.74) is 0.174. The first kappa shape index (κ1) is 15.6. The summed E-state index contributed by atoms with van der Waals surface area (Å²) in [4.78, 5) is 21.9. The summed E-state index contributed by atoms with van der Waals surface area (Å²) in [5.74, 6) is 0. The van der Waals surface area contributed by atoms with Gasteiger partial charge in [-0.25, -0.2) is 4.98 Å². The van der Waals surface area contributed by atoms with Crippen molar-refractivity contribution < 1.29 is 5.11 Å². The standard InChI is InChI=1S/C15H22N4O2S/c1-15(2,21)11-18-5-3-17(4-6-18)10-12-9-13(20)19-7-8-22-14(19)16-12/h7-9,21H,3-6,10-11H2,1-2H3. The molecule has 22 heavy (non-hydrogen) atoms. The van der Waals surface area contributed by atoms with Crippen molar-refractivity contribution in [1.82, 2.24) is 19.2 Å². The van der Waals surface area contributed by atoms with E-state index in [2.05, 4.69) is 14.8 Å². The van der Waals surface area contributed by atoms with Crippen molar-refractivity contribution in [1.29, 1.82) is 0 Å². The lowest BCUT2D eigenvalue weighted by molar-refractivity contribution is 0.0165. The van der Waals surface area contributed by atoms with Crippen LogP contribution in [0.1, 0.15) is 19.5 Å². The first-order valence-corrected chi connectivity index (χ1v) is 8.41. The van der Waals surface area contributed by atoms with E-state index >= 15 is 0 Å². The van der Waals surface area contributed by atoms with Crippen LogP contribution in [-0.4, -0.2) is 62.6 Å². The van der Waals surface area contributed by atoms with Crippen LogP contribution < -0.4 is 5.56 Å². The van der Waals surface area contributed by atoms with Gasteiger partial charge in [-0.3, -0.25) is 19.0 Å². The summed E-state index contributed by atoms with van der Waals surface area (Å²) in [5, 5.41) is 11.8. The SMILES string of the molecule is CC(C)(O)CN1CCN(Cc2cc(=O)n3ccsc3n2)CC1. The average Bonchev–Trinajstić information content (AvgIpc) is 2.88. The van der Waals surface area contributed by atoms with Gasteiger partial charge in [0.25, 0.3) is 5.56 Å². The van der Waals surface area contributed by atoms with Crippen molar-refractivity contribution in [3.05, 3.63) is 33.7 Å². The lowest BCUT2D eigenvalue weighted by Crippen LogP contribution is -2.50. The van der Waals surface area contributed by atoms with Gasteiger partial charge in [-0.2, -0.15) is 0 Å². The fraction of sp³-hybridized carbons (Fsp3) is 0.600. The molecule has 1 aliphatic heterocycles. The largest absolute Gasteiger partial charge is 0.389 e. The fourth-order valence-electron chi connectivity index (χ4n) is 2.85. The molecule has 7 heteroatoms. The van der Waals surface area contributed by atoms with Gasteiger partial charge in [0.15, 0.2) is 4.96 Å². The Hall–Kier alpha value is -1.28. The zero-order chi connectivity index (χ0) is 15.7. The third kappa shape index (κ3) is 3.73. The second kappa shape index (κ2) is 6.08. The van der Waals surface area contributed by atoms with Gasteiger partial charge < -0.3 is 5.11 Å². The van der Waals surface area contributed by atoms with Crippen LogP contribution in [0.5, 0.6) is 0 Å². The highest BCUT2D eigenvalue weighted by molar-refractivity contribution is 7.15. The van der Waals surface area contributed by atoms with Gasteiger partial charge in [0.1, 0.15) is 0 Å². The Morgan fingerprint density at radius 3 is 2.64 bits per heavy atom. The summed E-state index contributed by atoms with van der Waals surface area (Å²) in [6, 6.07) is 1.63. The van der Waals surface area contributed by atoms with Crippen molar-refractivity contribution in [2.45, 2.75) is 26.0 Å². The minimum Gasteiger partial charge on any atom is -0.389 e. The van der Waals surface area contributed by atoms with Gasteiger partial charge in [0.2, 0.25) is 0 Å². The van der Waals surface area contributed by atoms with E-state index in [1.807, 2.05) is 19.2 Å². The molecule has 0 aromatic carbocycles. The molecular weight excluding hydrogens is 300 g/mol. The van der Waals surface area contributed by atoms with Crippen LogP contribution in [0.3, 0.4) is 0 Å². The highest BCUT2D eigenvalue weighted by Gasteiger charge is 2.23. The lowest BCUT2D eigenvalue weighted by Gasteiger charge is -2.37. The number of rotatable bonds is 4. The van der Waals surface area contributed by atoms with E-state index in [9.17, 15) is 9.90 Å². The molecule has 1 saturated heterocycles.